The summed E-state index contributed by atoms with van der Waals surface area (Å²) in [6, 6.07) is 16.9. The lowest BCUT2D eigenvalue weighted by Gasteiger charge is -2.26. The molecule has 4 aromatic rings. The predicted molar refractivity (Wildman–Crippen MR) is 129 cm³/mol. The zero-order valence-electron chi connectivity index (χ0n) is 16.8. The standard InChI is InChI=1S/C24H16N2O2S3/c1-3-26-23(27)16(13(2)17(12-25)24(26)28)9-15-10-20-21(29-15)11-22(31-20)19-8-14-6-4-5-7-18(14)30-19/h4-11H,3H2,1-2H3/b16-9-. The summed E-state index contributed by atoms with van der Waals surface area (Å²) in [5.74, 6) is -0.850. The van der Waals surface area contributed by atoms with Crippen molar-refractivity contribution >= 4 is 71.4 Å². The molecule has 1 aromatic carbocycles. The number of amides is 2. The molecular weight excluding hydrogens is 444 g/mol. The third-order valence-electron chi connectivity index (χ3n) is 5.32. The quantitative estimate of drug-likeness (QED) is 0.260. The third kappa shape index (κ3) is 3.24. The van der Waals surface area contributed by atoms with Crippen LogP contribution in [0.15, 0.2) is 59.2 Å². The van der Waals surface area contributed by atoms with Gasteiger partial charge in [-0.3, -0.25) is 14.5 Å². The molecule has 0 bridgehead atoms. The van der Waals surface area contributed by atoms with E-state index in [1.54, 1.807) is 53.9 Å². The van der Waals surface area contributed by atoms with Crippen LogP contribution in [0.5, 0.6) is 0 Å². The van der Waals surface area contributed by atoms with Gasteiger partial charge in [0.05, 0.1) is 0 Å². The fraction of sp³-hybridized carbons (Fsp3) is 0.125. The van der Waals surface area contributed by atoms with Crippen LogP contribution in [0.2, 0.25) is 0 Å². The Morgan fingerprint density at radius 1 is 0.968 bits per heavy atom. The first-order chi connectivity index (χ1) is 15.0. The average molecular weight is 461 g/mol. The Labute approximate surface area is 191 Å². The van der Waals surface area contributed by atoms with Gasteiger partial charge in [-0.25, -0.2) is 0 Å². The molecule has 0 fully saturated rings. The molecule has 7 heteroatoms. The number of imide groups is 1. The van der Waals surface area contributed by atoms with Crippen LogP contribution in [0.25, 0.3) is 35.3 Å². The lowest BCUT2D eigenvalue weighted by molar-refractivity contribution is -0.140. The molecule has 0 spiro atoms. The van der Waals surface area contributed by atoms with Crippen molar-refractivity contribution in [2.45, 2.75) is 13.8 Å². The maximum absolute atomic E-state index is 12.8. The maximum Gasteiger partial charge on any atom is 0.271 e. The van der Waals surface area contributed by atoms with Crippen molar-refractivity contribution in [3.8, 4) is 15.8 Å². The van der Waals surface area contributed by atoms with E-state index in [1.807, 2.05) is 6.07 Å². The number of carbonyl (C=O) groups excluding carboxylic acids is 2. The number of nitriles is 1. The van der Waals surface area contributed by atoms with Crippen molar-refractivity contribution in [2.24, 2.45) is 0 Å². The molecule has 3 aromatic heterocycles. The SMILES string of the molecule is CCN1C(=O)C(C#N)=C(C)/C(=C/c2cc3sc(-c4cc5ccccc5s4)cc3s2)C1=O. The van der Waals surface area contributed by atoms with Crippen molar-refractivity contribution in [3.63, 3.8) is 0 Å². The highest BCUT2D eigenvalue weighted by Crippen LogP contribution is 2.43. The zero-order valence-corrected chi connectivity index (χ0v) is 19.2. The second kappa shape index (κ2) is 7.57. The Bertz CT molecular complexity index is 1430. The van der Waals surface area contributed by atoms with Gasteiger partial charge in [0.1, 0.15) is 11.6 Å². The van der Waals surface area contributed by atoms with Gasteiger partial charge in [-0.05, 0) is 55.1 Å². The van der Waals surface area contributed by atoms with Crippen molar-refractivity contribution < 1.29 is 9.59 Å². The summed E-state index contributed by atoms with van der Waals surface area (Å²) in [5, 5.41) is 10.7. The van der Waals surface area contributed by atoms with E-state index in [4.69, 9.17) is 0 Å². The second-order valence-corrected chi connectivity index (χ2v) is 10.4. The summed E-state index contributed by atoms with van der Waals surface area (Å²) in [6.45, 7) is 3.65. The molecule has 0 unspecified atom stereocenters. The number of hydrogen-bond donors (Lipinski definition) is 0. The van der Waals surface area contributed by atoms with Crippen molar-refractivity contribution in [2.75, 3.05) is 6.54 Å². The Morgan fingerprint density at radius 2 is 1.68 bits per heavy atom. The Balaban J connectivity index is 1.54. The van der Waals surface area contributed by atoms with Gasteiger partial charge >= 0.3 is 0 Å². The fourth-order valence-electron chi connectivity index (χ4n) is 3.71. The van der Waals surface area contributed by atoms with Gasteiger partial charge in [-0.15, -0.1) is 34.0 Å². The summed E-state index contributed by atoms with van der Waals surface area (Å²) in [5.41, 5.74) is 0.902. The largest absolute Gasteiger partial charge is 0.274 e. The van der Waals surface area contributed by atoms with E-state index >= 15 is 0 Å². The summed E-state index contributed by atoms with van der Waals surface area (Å²) in [7, 11) is 0. The van der Waals surface area contributed by atoms with Gasteiger partial charge in [0, 0.05) is 40.8 Å². The molecule has 152 valence electrons. The number of benzene rings is 1. The minimum Gasteiger partial charge on any atom is -0.274 e. The molecule has 0 atom stereocenters. The van der Waals surface area contributed by atoms with E-state index in [0.29, 0.717) is 11.1 Å². The van der Waals surface area contributed by atoms with E-state index in [9.17, 15) is 14.9 Å². The number of fused-ring (bicyclic) bond motifs is 2. The molecule has 0 aliphatic carbocycles. The number of carbonyl (C=O) groups is 2. The lowest BCUT2D eigenvalue weighted by Crippen LogP contribution is -2.42. The molecule has 4 heterocycles. The van der Waals surface area contributed by atoms with E-state index in [0.717, 1.165) is 19.2 Å². The summed E-state index contributed by atoms with van der Waals surface area (Å²) < 4.78 is 3.61. The molecule has 31 heavy (non-hydrogen) atoms. The molecular formula is C24H16N2O2S3. The van der Waals surface area contributed by atoms with Gasteiger partial charge in [-0.2, -0.15) is 5.26 Å². The minimum atomic E-state index is -0.509. The topological polar surface area (TPSA) is 61.2 Å². The first-order valence-corrected chi connectivity index (χ1v) is 12.2. The smallest absolute Gasteiger partial charge is 0.271 e. The van der Waals surface area contributed by atoms with Gasteiger partial charge in [-0.1, -0.05) is 18.2 Å². The Kier molecular flexibility index (Phi) is 4.86. The first-order valence-electron chi connectivity index (χ1n) is 9.71. The van der Waals surface area contributed by atoms with Crippen LogP contribution in [-0.4, -0.2) is 23.3 Å². The predicted octanol–water partition coefficient (Wildman–Crippen LogP) is 6.46. The summed E-state index contributed by atoms with van der Waals surface area (Å²) >= 11 is 5.14. The lowest BCUT2D eigenvalue weighted by atomic mass is 9.95. The zero-order chi connectivity index (χ0) is 21.7. The summed E-state index contributed by atoms with van der Waals surface area (Å²) in [4.78, 5) is 29.7. The van der Waals surface area contributed by atoms with Gasteiger partial charge in [0.2, 0.25) is 0 Å². The van der Waals surface area contributed by atoms with Crippen LogP contribution in [0.4, 0.5) is 0 Å². The molecule has 0 saturated heterocycles. The molecule has 0 radical (unpaired) electrons. The highest BCUT2D eigenvalue weighted by molar-refractivity contribution is 7.32. The van der Waals surface area contributed by atoms with Crippen molar-refractivity contribution in [1.82, 2.24) is 4.90 Å². The highest BCUT2D eigenvalue weighted by atomic mass is 32.1. The molecule has 5 rings (SSSR count). The molecule has 2 amide bonds. The van der Waals surface area contributed by atoms with E-state index in [1.165, 1.54) is 19.8 Å². The molecule has 0 saturated carbocycles. The van der Waals surface area contributed by atoms with E-state index in [-0.39, 0.29) is 18.0 Å². The van der Waals surface area contributed by atoms with Gasteiger partial charge in [0.25, 0.3) is 11.8 Å². The maximum atomic E-state index is 12.8. The third-order valence-corrected chi connectivity index (χ3v) is 8.87. The van der Waals surface area contributed by atoms with E-state index < -0.39 is 5.91 Å². The second-order valence-electron chi connectivity index (χ2n) is 7.16. The molecule has 0 N–H and O–H groups in total. The normalized spacial score (nSPS) is 16.2. The van der Waals surface area contributed by atoms with Crippen LogP contribution in [-0.2, 0) is 9.59 Å². The van der Waals surface area contributed by atoms with Crippen LogP contribution in [0, 0.1) is 11.3 Å². The molecule has 1 aliphatic heterocycles. The Morgan fingerprint density at radius 3 is 2.39 bits per heavy atom. The van der Waals surface area contributed by atoms with E-state index in [2.05, 4.69) is 42.5 Å². The van der Waals surface area contributed by atoms with Gasteiger partial charge in [0.15, 0.2) is 0 Å². The molecule has 1 aliphatic rings. The van der Waals surface area contributed by atoms with Crippen molar-refractivity contribution in [3.05, 3.63) is 64.1 Å². The van der Waals surface area contributed by atoms with Crippen LogP contribution in [0.3, 0.4) is 0 Å². The number of nitrogens with zero attached hydrogens (tertiary/aromatic N) is 2. The fourth-order valence-corrected chi connectivity index (χ4v) is 7.19. The number of likely N-dealkylation sites (N-methyl/N-ethyl adjacent to an activating group) is 1. The van der Waals surface area contributed by atoms with Crippen molar-refractivity contribution in [1.29, 1.82) is 5.26 Å². The van der Waals surface area contributed by atoms with Crippen LogP contribution < -0.4 is 0 Å². The minimum absolute atomic E-state index is 0.0399. The van der Waals surface area contributed by atoms with Gasteiger partial charge < -0.3 is 0 Å². The number of thiophene rings is 3. The van der Waals surface area contributed by atoms with Crippen LogP contribution >= 0.6 is 34.0 Å². The Hall–Kier alpha value is -3.05. The summed E-state index contributed by atoms with van der Waals surface area (Å²) in [6.07, 6.45) is 1.81. The highest BCUT2D eigenvalue weighted by Gasteiger charge is 2.34. The molecule has 4 nitrogen and oxygen atoms in total. The average Bonchev–Trinajstić information content (AvgIpc) is 3.44. The monoisotopic (exact) mass is 460 g/mol. The number of hydrogen-bond acceptors (Lipinski definition) is 6. The van der Waals surface area contributed by atoms with Crippen LogP contribution in [0.1, 0.15) is 18.7 Å². The first kappa shape index (κ1) is 19.9. The number of rotatable bonds is 3.